The van der Waals surface area contributed by atoms with Gasteiger partial charge in [-0.15, -0.1) is 11.3 Å². The molecular formula is C16H21NO3S. The highest BCUT2D eigenvalue weighted by molar-refractivity contribution is 7.14. The van der Waals surface area contributed by atoms with Crippen LogP contribution in [-0.2, 0) is 4.79 Å². The molecule has 0 aliphatic heterocycles. The van der Waals surface area contributed by atoms with Crippen LogP contribution in [0, 0.1) is 5.92 Å². The predicted octanol–water partition coefficient (Wildman–Crippen LogP) is 3.54. The smallest absolute Gasteiger partial charge is 0.328 e. The van der Waals surface area contributed by atoms with Crippen molar-refractivity contribution >= 4 is 29.3 Å². The number of hydrogen-bond acceptors (Lipinski definition) is 3. The molecule has 2 atom stereocenters. The first-order valence-corrected chi connectivity index (χ1v) is 8.21. The number of hydrogen-bond donors (Lipinski definition) is 2. The van der Waals surface area contributed by atoms with Crippen molar-refractivity contribution in [1.29, 1.82) is 0 Å². The van der Waals surface area contributed by atoms with Gasteiger partial charge in [-0.3, -0.25) is 4.79 Å². The van der Waals surface area contributed by atoms with Crippen molar-refractivity contribution in [2.75, 3.05) is 0 Å². The predicted molar refractivity (Wildman–Crippen MR) is 84.5 cm³/mol. The summed E-state index contributed by atoms with van der Waals surface area (Å²) in [5.74, 6) is -0.305. The summed E-state index contributed by atoms with van der Waals surface area (Å²) in [5.41, 5.74) is 0. The number of carboxylic acids is 1. The van der Waals surface area contributed by atoms with Crippen LogP contribution in [0.3, 0.4) is 0 Å². The molecule has 0 aromatic carbocycles. The van der Waals surface area contributed by atoms with Crippen molar-refractivity contribution in [2.24, 2.45) is 5.92 Å². The molecule has 0 bridgehead atoms. The summed E-state index contributed by atoms with van der Waals surface area (Å²) in [6.45, 7) is 2.20. The summed E-state index contributed by atoms with van der Waals surface area (Å²) in [6.07, 6.45) is 8.35. The lowest BCUT2D eigenvalue weighted by molar-refractivity contribution is -0.131. The molecule has 1 aromatic heterocycles. The first kappa shape index (κ1) is 15.8. The van der Waals surface area contributed by atoms with Crippen molar-refractivity contribution in [2.45, 2.75) is 45.1 Å². The largest absolute Gasteiger partial charge is 0.478 e. The standard InChI is InChI=1S/C16H21NO3S/c1-2-11-4-3-5-12(10-11)17-16(20)14-8-6-13(21-14)7-9-15(18)19/h6-9,11-12H,2-5,10H2,1H3,(H,17,20)(H,18,19). The van der Waals surface area contributed by atoms with E-state index in [1.807, 2.05) is 0 Å². The number of carboxylic acid groups (broad SMARTS) is 1. The summed E-state index contributed by atoms with van der Waals surface area (Å²) in [5, 5.41) is 11.7. The Kier molecular flexibility index (Phi) is 5.56. The second-order valence-corrected chi connectivity index (χ2v) is 6.60. The van der Waals surface area contributed by atoms with Crippen LogP contribution in [0.25, 0.3) is 6.08 Å². The van der Waals surface area contributed by atoms with E-state index in [0.717, 1.165) is 29.7 Å². The molecule has 21 heavy (non-hydrogen) atoms. The number of carbonyl (C=O) groups excluding carboxylic acids is 1. The molecule has 1 aliphatic rings. The summed E-state index contributed by atoms with van der Waals surface area (Å²) in [7, 11) is 0. The molecule has 2 unspecified atom stereocenters. The zero-order chi connectivity index (χ0) is 15.2. The number of rotatable bonds is 5. The zero-order valence-corrected chi connectivity index (χ0v) is 13.0. The highest BCUT2D eigenvalue weighted by Gasteiger charge is 2.22. The van der Waals surface area contributed by atoms with Gasteiger partial charge in [0.05, 0.1) is 4.88 Å². The molecule has 4 nitrogen and oxygen atoms in total. The fourth-order valence-electron chi connectivity index (χ4n) is 2.77. The lowest BCUT2D eigenvalue weighted by Gasteiger charge is -2.28. The van der Waals surface area contributed by atoms with Crippen molar-refractivity contribution in [3.05, 3.63) is 28.0 Å². The van der Waals surface area contributed by atoms with E-state index in [9.17, 15) is 9.59 Å². The van der Waals surface area contributed by atoms with E-state index in [-0.39, 0.29) is 11.9 Å². The molecule has 1 aromatic rings. The molecule has 5 heteroatoms. The van der Waals surface area contributed by atoms with Crippen molar-refractivity contribution in [3.8, 4) is 0 Å². The normalized spacial score (nSPS) is 22.3. The van der Waals surface area contributed by atoms with Crippen LogP contribution in [0.15, 0.2) is 18.2 Å². The molecular weight excluding hydrogens is 286 g/mol. The summed E-state index contributed by atoms with van der Waals surface area (Å²) < 4.78 is 0. The van der Waals surface area contributed by atoms with Gasteiger partial charge in [0.1, 0.15) is 0 Å². The second kappa shape index (κ2) is 7.41. The third-order valence-corrected chi connectivity index (χ3v) is 4.99. The fourth-order valence-corrected chi connectivity index (χ4v) is 3.58. The van der Waals surface area contributed by atoms with Gasteiger partial charge in [0.15, 0.2) is 0 Å². The molecule has 1 heterocycles. The van der Waals surface area contributed by atoms with Gasteiger partial charge < -0.3 is 10.4 Å². The zero-order valence-electron chi connectivity index (χ0n) is 12.2. The minimum atomic E-state index is -0.984. The van der Waals surface area contributed by atoms with Crippen molar-refractivity contribution in [3.63, 3.8) is 0 Å². The number of thiophene rings is 1. The number of aliphatic carboxylic acids is 1. The van der Waals surface area contributed by atoms with Gasteiger partial charge in [-0.25, -0.2) is 4.79 Å². The maximum Gasteiger partial charge on any atom is 0.328 e. The molecule has 0 saturated heterocycles. The van der Waals surface area contributed by atoms with Crippen LogP contribution in [0.2, 0.25) is 0 Å². The van der Waals surface area contributed by atoms with Crippen LogP contribution in [-0.4, -0.2) is 23.0 Å². The Morgan fingerprint density at radius 2 is 2.24 bits per heavy atom. The van der Waals surface area contributed by atoms with Crippen LogP contribution >= 0.6 is 11.3 Å². The third-order valence-electron chi connectivity index (χ3n) is 3.94. The molecule has 2 rings (SSSR count). The van der Waals surface area contributed by atoms with Gasteiger partial charge in [0.2, 0.25) is 0 Å². The van der Waals surface area contributed by atoms with Gasteiger partial charge in [0, 0.05) is 17.0 Å². The average Bonchev–Trinajstić information content (AvgIpc) is 2.94. The first-order chi connectivity index (χ1) is 10.1. The van der Waals surface area contributed by atoms with Crippen molar-refractivity contribution in [1.82, 2.24) is 5.32 Å². The topological polar surface area (TPSA) is 66.4 Å². The Labute approximate surface area is 128 Å². The Morgan fingerprint density at radius 1 is 1.43 bits per heavy atom. The Balaban J connectivity index is 1.92. The van der Waals surface area contributed by atoms with Gasteiger partial charge in [-0.05, 0) is 37.0 Å². The fraction of sp³-hybridized carbons (Fsp3) is 0.500. The minimum Gasteiger partial charge on any atom is -0.478 e. The Bertz CT molecular complexity index is 535. The van der Waals surface area contributed by atoms with Gasteiger partial charge >= 0.3 is 5.97 Å². The Morgan fingerprint density at radius 3 is 2.95 bits per heavy atom. The molecule has 1 amide bonds. The third kappa shape index (κ3) is 4.70. The second-order valence-electron chi connectivity index (χ2n) is 5.48. The molecule has 1 saturated carbocycles. The van der Waals surface area contributed by atoms with E-state index in [2.05, 4.69) is 12.2 Å². The van der Waals surface area contributed by atoms with Crippen LogP contribution < -0.4 is 5.32 Å². The molecule has 0 spiro atoms. The Hall–Kier alpha value is -1.62. The highest BCUT2D eigenvalue weighted by atomic mass is 32.1. The SMILES string of the molecule is CCC1CCCC(NC(=O)c2ccc(C=CC(=O)O)s2)C1. The van der Waals surface area contributed by atoms with E-state index in [4.69, 9.17) is 5.11 Å². The lowest BCUT2D eigenvalue weighted by Crippen LogP contribution is -2.38. The van der Waals surface area contributed by atoms with Gasteiger partial charge in [0.25, 0.3) is 5.91 Å². The summed E-state index contributed by atoms with van der Waals surface area (Å²) >= 11 is 1.32. The van der Waals surface area contributed by atoms with Crippen LogP contribution in [0.1, 0.15) is 53.6 Å². The average molecular weight is 307 g/mol. The van der Waals surface area contributed by atoms with Crippen molar-refractivity contribution < 1.29 is 14.7 Å². The summed E-state index contributed by atoms with van der Waals surface area (Å²) in [4.78, 5) is 24.1. The summed E-state index contributed by atoms with van der Waals surface area (Å²) in [6, 6.07) is 3.80. The monoisotopic (exact) mass is 307 g/mol. The number of carbonyl (C=O) groups is 2. The highest BCUT2D eigenvalue weighted by Crippen LogP contribution is 2.27. The lowest BCUT2D eigenvalue weighted by atomic mass is 9.84. The maximum atomic E-state index is 12.2. The molecule has 114 valence electrons. The van der Waals surface area contributed by atoms with E-state index in [1.165, 1.54) is 36.7 Å². The molecule has 1 fully saturated rings. The first-order valence-electron chi connectivity index (χ1n) is 7.40. The molecule has 0 radical (unpaired) electrons. The van der Waals surface area contributed by atoms with E-state index < -0.39 is 5.97 Å². The number of nitrogens with one attached hydrogen (secondary N) is 1. The maximum absolute atomic E-state index is 12.2. The van der Waals surface area contributed by atoms with Crippen LogP contribution in [0.4, 0.5) is 0 Å². The quantitative estimate of drug-likeness (QED) is 0.818. The molecule has 1 aliphatic carbocycles. The van der Waals surface area contributed by atoms with E-state index in [1.54, 1.807) is 12.1 Å². The minimum absolute atomic E-state index is 0.0447. The number of amides is 1. The van der Waals surface area contributed by atoms with Gasteiger partial charge in [-0.1, -0.05) is 26.2 Å². The van der Waals surface area contributed by atoms with E-state index >= 15 is 0 Å². The van der Waals surface area contributed by atoms with Crippen LogP contribution in [0.5, 0.6) is 0 Å². The van der Waals surface area contributed by atoms with Gasteiger partial charge in [-0.2, -0.15) is 0 Å². The molecule has 2 N–H and O–H groups in total. The van der Waals surface area contributed by atoms with E-state index in [0.29, 0.717) is 4.88 Å².